The lowest BCUT2D eigenvalue weighted by Gasteiger charge is -2.29. The predicted octanol–water partition coefficient (Wildman–Crippen LogP) is 2.37. The van der Waals surface area contributed by atoms with Gasteiger partial charge in [0, 0.05) is 31.1 Å². The molecule has 0 spiro atoms. The fourth-order valence-electron chi connectivity index (χ4n) is 3.67. The van der Waals surface area contributed by atoms with Crippen molar-refractivity contribution < 1.29 is 27.7 Å². The van der Waals surface area contributed by atoms with Crippen LogP contribution in [0.3, 0.4) is 0 Å². The number of fused-ring (bicyclic) bond motifs is 1. The van der Waals surface area contributed by atoms with Crippen molar-refractivity contribution in [2.45, 2.75) is 23.6 Å². The second-order valence-corrected chi connectivity index (χ2v) is 11.6. The molecule has 0 N–H and O–H groups in total. The SMILES string of the molecule is COC(=O)Cn1c(=NC(=O)C2CCN(S(=O)(=O)c3cccs3)CC2)sc2ccc([N+](=O)[O-])cc21. The summed E-state index contributed by atoms with van der Waals surface area (Å²) < 4.78 is 33.8. The maximum Gasteiger partial charge on any atom is 0.325 e. The Morgan fingerprint density at radius 2 is 2.00 bits per heavy atom. The number of carbonyl (C=O) groups is 2. The number of esters is 1. The van der Waals surface area contributed by atoms with Crippen LogP contribution in [0.1, 0.15) is 12.8 Å². The van der Waals surface area contributed by atoms with E-state index in [4.69, 9.17) is 4.74 Å². The molecule has 3 aromatic rings. The first-order valence-corrected chi connectivity index (χ1v) is 13.3. The van der Waals surface area contributed by atoms with Crippen molar-refractivity contribution in [2.75, 3.05) is 20.2 Å². The number of hydrogen-bond donors (Lipinski definition) is 0. The monoisotopic (exact) mass is 524 g/mol. The van der Waals surface area contributed by atoms with Gasteiger partial charge in [-0.3, -0.25) is 19.7 Å². The Morgan fingerprint density at radius 1 is 1.26 bits per heavy atom. The molecule has 0 unspecified atom stereocenters. The summed E-state index contributed by atoms with van der Waals surface area (Å²) >= 11 is 2.28. The number of non-ortho nitro benzene ring substituents is 1. The number of methoxy groups -OCH3 is 1. The molecule has 1 saturated heterocycles. The van der Waals surface area contributed by atoms with Crippen LogP contribution in [0.4, 0.5) is 5.69 Å². The molecule has 0 atom stereocenters. The Morgan fingerprint density at radius 3 is 2.62 bits per heavy atom. The van der Waals surface area contributed by atoms with Gasteiger partial charge in [0.05, 0.1) is 22.2 Å². The Kier molecular flexibility index (Phi) is 6.93. The molecule has 0 radical (unpaired) electrons. The average molecular weight is 525 g/mol. The first kappa shape index (κ1) is 24.2. The maximum atomic E-state index is 12.9. The molecule has 14 heteroatoms. The first-order valence-electron chi connectivity index (χ1n) is 10.2. The van der Waals surface area contributed by atoms with Gasteiger partial charge in [0.15, 0.2) is 4.80 Å². The molecule has 3 heterocycles. The molecule has 4 rings (SSSR count). The number of carbonyl (C=O) groups excluding carboxylic acids is 2. The van der Waals surface area contributed by atoms with Crippen LogP contribution < -0.4 is 4.80 Å². The lowest BCUT2D eigenvalue weighted by molar-refractivity contribution is -0.384. The zero-order valence-corrected chi connectivity index (χ0v) is 20.4. The fourth-order valence-corrected chi connectivity index (χ4v) is 7.30. The number of aromatic nitrogens is 1. The first-order chi connectivity index (χ1) is 16.2. The van der Waals surface area contributed by atoms with Crippen molar-refractivity contribution in [3.8, 4) is 0 Å². The van der Waals surface area contributed by atoms with Crippen molar-refractivity contribution in [2.24, 2.45) is 10.9 Å². The molecule has 1 amide bonds. The van der Waals surface area contributed by atoms with Crippen LogP contribution in [0.15, 0.2) is 44.9 Å². The second kappa shape index (κ2) is 9.74. The highest BCUT2D eigenvalue weighted by Crippen LogP contribution is 2.27. The van der Waals surface area contributed by atoms with E-state index in [1.807, 2.05) is 0 Å². The third-order valence-corrected chi connectivity index (χ3v) is 9.82. The van der Waals surface area contributed by atoms with Crippen LogP contribution in [0.2, 0.25) is 0 Å². The molecule has 1 aliphatic heterocycles. The Hall–Kier alpha value is -2.94. The van der Waals surface area contributed by atoms with E-state index in [-0.39, 0.29) is 34.3 Å². The number of piperidine rings is 1. The van der Waals surface area contributed by atoms with Gasteiger partial charge in [0.2, 0.25) is 0 Å². The summed E-state index contributed by atoms with van der Waals surface area (Å²) in [6.45, 7) is 0.140. The topological polar surface area (TPSA) is 141 Å². The molecule has 2 aromatic heterocycles. The normalized spacial score (nSPS) is 16.1. The van der Waals surface area contributed by atoms with Crippen LogP contribution in [-0.2, 0) is 30.9 Å². The van der Waals surface area contributed by atoms with Crippen molar-refractivity contribution in [3.05, 3.63) is 50.6 Å². The molecular weight excluding hydrogens is 504 g/mol. The Labute approximate surface area is 202 Å². The Balaban J connectivity index is 1.60. The van der Waals surface area contributed by atoms with Crippen molar-refractivity contribution in [1.29, 1.82) is 0 Å². The van der Waals surface area contributed by atoms with Gasteiger partial charge in [0.25, 0.3) is 21.6 Å². The average Bonchev–Trinajstić information content (AvgIpc) is 3.48. The number of rotatable bonds is 6. The highest BCUT2D eigenvalue weighted by molar-refractivity contribution is 7.91. The van der Waals surface area contributed by atoms with Crippen LogP contribution >= 0.6 is 22.7 Å². The highest BCUT2D eigenvalue weighted by atomic mass is 32.2. The van der Waals surface area contributed by atoms with Crippen molar-refractivity contribution in [1.82, 2.24) is 8.87 Å². The summed E-state index contributed by atoms with van der Waals surface area (Å²) in [6, 6.07) is 7.44. The van der Waals surface area contributed by atoms with Gasteiger partial charge in [-0.25, -0.2) is 8.42 Å². The zero-order valence-electron chi connectivity index (χ0n) is 17.9. The summed E-state index contributed by atoms with van der Waals surface area (Å²) in [5.74, 6) is -1.49. The van der Waals surface area contributed by atoms with Gasteiger partial charge in [-0.1, -0.05) is 17.4 Å². The van der Waals surface area contributed by atoms with Crippen molar-refractivity contribution >= 4 is 60.5 Å². The molecule has 0 bridgehead atoms. The lowest BCUT2D eigenvalue weighted by Crippen LogP contribution is -2.40. The number of nitrogens with zero attached hydrogens (tertiary/aromatic N) is 4. The number of amides is 1. The number of nitro groups is 1. The third-order valence-electron chi connectivity index (χ3n) is 5.49. The number of thiazole rings is 1. The van der Waals surface area contributed by atoms with Gasteiger partial charge in [-0.05, 0) is 30.4 Å². The minimum atomic E-state index is -3.58. The van der Waals surface area contributed by atoms with E-state index < -0.39 is 32.7 Å². The number of sulfonamides is 1. The molecule has 1 aromatic carbocycles. The zero-order chi connectivity index (χ0) is 24.5. The molecule has 0 saturated carbocycles. The summed E-state index contributed by atoms with van der Waals surface area (Å²) in [7, 11) is -2.35. The number of nitro benzene ring substituents is 1. The summed E-state index contributed by atoms with van der Waals surface area (Å²) in [4.78, 5) is 40.0. The quantitative estimate of drug-likeness (QED) is 0.274. The molecule has 11 nitrogen and oxygen atoms in total. The van der Waals surface area contributed by atoms with Gasteiger partial charge >= 0.3 is 5.97 Å². The van der Waals surface area contributed by atoms with E-state index in [9.17, 15) is 28.1 Å². The van der Waals surface area contributed by atoms with Crippen LogP contribution in [0, 0.1) is 16.0 Å². The lowest BCUT2D eigenvalue weighted by atomic mass is 9.98. The van der Waals surface area contributed by atoms with Gasteiger partial charge in [-0.15, -0.1) is 11.3 Å². The summed E-state index contributed by atoms with van der Waals surface area (Å²) in [6.07, 6.45) is 0.639. The molecule has 1 fully saturated rings. The standard InChI is InChI=1S/C20H20N4O7S3/c1-31-17(25)12-23-15-11-14(24(27)28)4-5-16(15)33-20(23)21-19(26)13-6-8-22(9-7-13)34(29,30)18-3-2-10-32-18/h2-5,10-11,13H,6-9,12H2,1H3. The van der Waals surface area contributed by atoms with E-state index in [1.54, 1.807) is 23.6 Å². The maximum absolute atomic E-state index is 12.9. The van der Waals surface area contributed by atoms with E-state index in [0.717, 1.165) is 22.7 Å². The van der Waals surface area contributed by atoms with Crippen LogP contribution in [0.5, 0.6) is 0 Å². The molecule has 180 valence electrons. The Bertz CT molecular complexity index is 1420. The smallest absolute Gasteiger partial charge is 0.325 e. The van der Waals surface area contributed by atoms with E-state index >= 15 is 0 Å². The second-order valence-electron chi connectivity index (χ2n) is 7.52. The molecule has 0 aliphatic carbocycles. The van der Waals surface area contributed by atoms with Gasteiger partial charge in [-0.2, -0.15) is 9.30 Å². The molecule has 1 aliphatic rings. The van der Waals surface area contributed by atoms with E-state index in [0.29, 0.717) is 23.1 Å². The summed E-state index contributed by atoms with van der Waals surface area (Å²) in [5, 5.41) is 12.9. The largest absolute Gasteiger partial charge is 0.468 e. The number of benzene rings is 1. The predicted molar refractivity (Wildman–Crippen MR) is 125 cm³/mol. The van der Waals surface area contributed by atoms with Crippen LogP contribution in [-0.4, -0.2) is 54.3 Å². The summed E-state index contributed by atoms with van der Waals surface area (Å²) in [5.41, 5.74) is 0.245. The number of thiophene rings is 1. The van der Waals surface area contributed by atoms with E-state index in [2.05, 4.69) is 4.99 Å². The van der Waals surface area contributed by atoms with Gasteiger partial charge < -0.3 is 9.30 Å². The third kappa shape index (κ3) is 4.80. The minimum absolute atomic E-state index is 0.152. The number of ether oxygens (including phenoxy) is 1. The van der Waals surface area contributed by atoms with Gasteiger partial charge in [0.1, 0.15) is 10.8 Å². The van der Waals surface area contributed by atoms with Crippen LogP contribution in [0.25, 0.3) is 10.2 Å². The molecule has 34 heavy (non-hydrogen) atoms. The number of hydrogen-bond acceptors (Lipinski definition) is 9. The highest BCUT2D eigenvalue weighted by Gasteiger charge is 2.32. The fraction of sp³-hybridized carbons (Fsp3) is 0.350. The van der Waals surface area contributed by atoms with Crippen molar-refractivity contribution in [3.63, 3.8) is 0 Å². The molecular formula is C20H20N4O7S3. The minimum Gasteiger partial charge on any atom is -0.468 e. The van der Waals surface area contributed by atoms with E-state index in [1.165, 1.54) is 28.1 Å².